The van der Waals surface area contributed by atoms with Crippen LogP contribution in [0.1, 0.15) is 87.6 Å². The SMILES string of the molecule is C[C@@H]1Cc2cc(OCc3ccccc3)ccc2C(c2c(F)cc(N3CCCCCCN(CC(=O)O)CCCC3)cc2F)N1CC(C)(C)F. The Morgan fingerprint density at radius 3 is 2.17 bits per heavy atom. The second kappa shape index (κ2) is 16.2. The van der Waals surface area contributed by atoms with Crippen LogP contribution >= 0.6 is 0 Å². The summed E-state index contributed by atoms with van der Waals surface area (Å²) in [6, 6.07) is 17.4. The number of carboxylic acids is 1. The molecule has 5 rings (SSSR count). The topological polar surface area (TPSA) is 56.3 Å². The van der Waals surface area contributed by atoms with E-state index in [1.165, 1.54) is 26.0 Å². The molecule has 0 saturated carbocycles. The van der Waals surface area contributed by atoms with Crippen molar-refractivity contribution >= 4 is 11.7 Å². The van der Waals surface area contributed by atoms with Crippen LogP contribution in [-0.4, -0.2) is 71.9 Å². The van der Waals surface area contributed by atoms with E-state index in [9.17, 15) is 9.90 Å². The number of alkyl halides is 1. The maximum atomic E-state index is 16.4. The first-order chi connectivity index (χ1) is 23.0. The highest BCUT2D eigenvalue weighted by molar-refractivity contribution is 5.69. The highest BCUT2D eigenvalue weighted by Crippen LogP contribution is 2.43. The third-order valence-electron chi connectivity index (χ3n) is 9.50. The molecule has 1 N–H and O–H groups in total. The highest BCUT2D eigenvalue weighted by Gasteiger charge is 2.39. The lowest BCUT2D eigenvalue weighted by molar-refractivity contribution is -0.138. The average molecular weight is 666 g/mol. The van der Waals surface area contributed by atoms with Gasteiger partial charge in [-0.15, -0.1) is 0 Å². The van der Waals surface area contributed by atoms with Crippen molar-refractivity contribution in [2.45, 2.75) is 90.1 Å². The van der Waals surface area contributed by atoms with E-state index in [1.807, 2.05) is 65.3 Å². The molecule has 0 bridgehead atoms. The van der Waals surface area contributed by atoms with Gasteiger partial charge in [0.25, 0.3) is 0 Å². The molecular weight excluding hydrogens is 615 g/mol. The first-order valence-electron chi connectivity index (χ1n) is 17.4. The van der Waals surface area contributed by atoms with Crippen LogP contribution in [-0.2, 0) is 17.8 Å². The molecule has 3 aromatic rings. The van der Waals surface area contributed by atoms with E-state index in [0.29, 0.717) is 44.1 Å². The summed E-state index contributed by atoms with van der Waals surface area (Å²) in [5.41, 5.74) is 1.60. The van der Waals surface area contributed by atoms with E-state index in [2.05, 4.69) is 4.90 Å². The minimum Gasteiger partial charge on any atom is -0.489 e. The Hall–Kier alpha value is -3.56. The second-order valence-corrected chi connectivity index (χ2v) is 14.1. The number of anilines is 1. The Morgan fingerprint density at radius 2 is 1.52 bits per heavy atom. The molecule has 0 amide bonds. The number of rotatable bonds is 9. The van der Waals surface area contributed by atoms with E-state index in [1.54, 1.807) is 0 Å². The monoisotopic (exact) mass is 665 g/mol. The average Bonchev–Trinajstić information content (AvgIpc) is 3.02. The zero-order chi connectivity index (χ0) is 34.3. The van der Waals surface area contributed by atoms with Crippen LogP contribution in [0.15, 0.2) is 60.7 Å². The van der Waals surface area contributed by atoms with Crippen molar-refractivity contribution in [1.82, 2.24) is 9.80 Å². The molecule has 3 aromatic carbocycles. The molecule has 0 aliphatic carbocycles. The Morgan fingerprint density at radius 1 is 0.896 bits per heavy atom. The number of carbonyl (C=O) groups is 1. The predicted octanol–water partition coefficient (Wildman–Crippen LogP) is 8.18. The zero-order valence-electron chi connectivity index (χ0n) is 28.6. The van der Waals surface area contributed by atoms with Gasteiger partial charge in [-0.2, -0.15) is 0 Å². The van der Waals surface area contributed by atoms with Gasteiger partial charge in [0.05, 0.1) is 12.6 Å². The van der Waals surface area contributed by atoms with Crippen molar-refractivity contribution in [3.05, 3.63) is 94.6 Å². The summed E-state index contributed by atoms with van der Waals surface area (Å²) in [6.07, 6.45) is 5.93. The normalized spacial score (nSPS) is 20.4. The number of hydrogen-bond donors (Lipinski definition) is 1. The van der Waals surface area contributed by atoms with E-state index in [-0.39, 0.29) is 24.7 Å². The molecule has 48 heavy (non-hydrogen) atoms. The smallest absolute Gasteiger partial charge is 0.317 e. The number of ether oxygens (including phenoxy) is 1. The molecule has 9 heteroatoms. The third-order valence-corrected chi connectivity index (χ3v) is 9.50. The molecule has 2 heterocycles. The van der Waals surface area contributed by atoms with Crippen LogP contribution in [0.4, 0.5) is 18.9 Å². The summed E-state index contributed by atoms with van der Waals surface area (Å²) < 4.78 is 54.1. The summed E-state index contributed by atoms with van der Waals surface area (Å²) in [5.74, 6) is -1.42. The lowest BCUT2D eigenvalue weighted by Gasteiger charge is -2.44. The van der Waals surface area contributed by atoms with Crippen molar-refractivity contribution in [3.63, 3.8) is 0 Å². The maximum absolute atomic E-state index is 16.4. The van der Waals surface area contributed by atoms with Crippen molar-refractivity contribution in [3.8, 4) is 5.75 Å². The molecule has 1 unspecified atom stereocenters. The summed E-state index contributed by atoms with van der Waals surface area (Å²) in [4.78, 5) is 17.2. The van der Waals surface area contributed by atoms with Gasteiger partial charge >= 0.3 is 5.97 Å². The van der Waals surface area contributed by atoms with Crippen molar-refractivity contribution in [2.75, 3.05) is 44.2 Å². The van der Waals surface area contributed by atoms with Crippen LogP contribution in [0, 0.1) is 11.6 Å². The van der Waals surface area contributed by atoms with E-state index in [0.717, 1.165) is 61.8 Å². The van der Waals surface area contributed by atoms with Crippen LogP contribution < -0.4 is 9.64 Å². The molecule has 6 nitrogen and oxygen atoms in total. The van der Waals surface area contributed by atoms with Crippen molar-refractivity contribution in [2.24, 2.45) is 0 Å². The van der Waals surface area contributed by atoms with Gasteiger partial charge in [0, 0.05) is 36.9 Å². The van der Waals surface area contributed by atoms with E-state index >= 15 is 13.2 Å². The summed E-state index contributed by atoms with van der Waals surface area (Å²) in [6.45, 7) is 8.21. The van der Waals surface area contributed by atoms with Crippen molar-refractivity contribution in [1.29, 1.82) is 0 Å². The van der Waals surface area contributed by atoms with E-state index in [4.69, 9.17) is 4.74 Å². The number of halogens is 3. The molecule has 2 aliphatic heterocycles. The number of hydrogen-bond acceptors (Lipinski definition) is 5. The Labute approximate surface area is 283 Å². The molecule has 260 valence electrons. The molecule has 0 aromatic heterocycles. The van der Waals surface area contributed by atoms with Gasteiger partial charge in [0.2, 0.25) is 0 Å². The first-order valence-corrected chi connectivity index (χ1v) is 17.4. The van der Waals surface area contributed by atoms with Gasteiger partial charge in [0.1, 0.15) is 29.7 Å². The van der Waals surface area contributed by atoms with Crippen LogP contribution in [0.3, 0.4) is 0 Å². The van der Waals surface area contributed by atoms with Crippen LogP contribution in [0.5, 0.6) is 5.75 Å². The molecule has 2 aliphatic rings. The van der Waals surface area contributed by atoms with Crippen LogP contribution in [0.2, 0.25) is 0 Å². The quantitative estimate of drug-likeness (QED) is 0.249. The molecule has 2 atom stereocenters. The minimum absolute atomic E-state index is 0.0240. The Balaban J connectivity index is 1.42. The van der Waals surface area contributed by atoms with Gasteiger partial charge < -0.3 is 14.7 Å². The van der Waals surface area contributed by atoms with Crippen molar-refractivity contribution < 1.29 is 27.8 Å². The fourth-order valence-electron chi connectivity index (χ4n) is 7.20. The summed E-state index contributed by atoms with van der Waals surface area (Å²) in [5, 5.41) is 9.28. The zero-order valence-corrected chi connectivity index (χ0v) is 28.6. The van der Waals surface area contributed by atoms with Gasteiger partial charge in [0.15, 0.2) is 0 Å². The largest absolute Gasteiger partial charge is 0.489 e. The Kier molecular flexibility index (Phi) is 12.1. The fourth-order valence-corrected chi connectivity index (χ4v) is 7.20. The fraction of sp³-hybridized carbons (Fsp3) is 0.513. The highest BCUT2D eigenvalue weighted by atomic mass is 19.1. The number of nitrogens with zero attached hydrogens (tertiary/aromatic N) is 3. The molecule has 1 fully saturated rings. The predicted molar refractivity (Wildman–Crippen MR) is 184 cm³/mol. The number of carboxylic acid groups (broad SMARTS) is 1. The molecular formula is C39H50F3N3O3. The molecule has 0 spiro atoms. The number of aliphatic carboxylic acids is 1. The lowest BCUT2D eigenvalue weighted by atomic mass is 9.83. The Bertz CT molecular complexity index is 1490. The first kappa shape index (κ1) is 35.7. The number of fused-ring (bicyclic) bond motifs is 1. The van der Waals surface area contributed by atoms with Gasteiger partial charge in [-0.25, -0.2) is 13.2 Å². The third kappa shape index (κ3) is 9.53. The summed E-state index contributed by atoms with van der Waals surface area (Å²) >= 11 is 0. The van der Waals surface area contributed by atoms with Gasteiger partial charge in [-0.05, 0) is 107 Å². The maximum Gasteiger partial charge on any atom is 0.317 e. The summed E-state index contributed by atoms with van der Waals surface area (Å²) in [7, 11) is 0. The van der Waals surface area contributed by atoms with Gasteiger partial charge in [-0.1, -0.05) is 49.2 Å². The van der Waals surface area contributed by atoms with E-state index < -0.39 is 29.3 Å². The molecule has 0 radical (unpaired) electrons. The standard InChI is InChI=1S/C39H50F3N3O3/c1-28-21-30-22-32(48-26-29-13-7-6-8-14-29)15-16-33(30)38(45(28)27-39(2,3)42)37-34(40)23-31(24-35(37)41)44-19-10-5-4-9-17-43(25-36(46)47)18-11-12-20-44/h6-8,13-16,22-24,28,38H,4-5,9-12,17-21,25-27H2,1-3H3,(H,46,47)/t28-,38?/m1/s1. The lowest BCUT2D eigenvalue weighted by Crippen LogP contribution is -2.48. The van der Waals surface area contributed by atoms with Crippen LogP contribution in [0.25, 0.3) is 0 Å². The van der Waals surface area contributed by atoms with Gasteiger partial charge in [-0.3, -0.25) is 14.6 Å². The minimum atomic E-state index is -1.57. The second-order valence-electron chi connectivity index (χ2n) is 14.1. The number of benzene rings is 3. The molecule has 1 saturated heterocycles.